The molecule has 38 heavy (non-hydrogen) atoms. The molecular formula is C29H28N2O7. The van der Waals surface area contributed by atoms with E-state index in [0.717, 1.165) is 21.9 Å². The van der Waals surface area contributed by atoms with Crippen LogP contribution in [0.3, 0.4) is 0 Å². The van der Waals surface area contributed by atoms with Gasteiger partial charge in [-0.2, -0.15) is 0 Å². The summed E-state index contributed by atoms with van der Waals surface area (Å²) < 4.78 is 12.6. The summed E-state index contributed by atoms with van der Waals surface area (Å²) in [7, 11) is 4.86. The van der Waals surface area contributed by atoms with Gasteiger partial charge in [-0.05, 0) is 41.5 Å². The van der Waals surface area contributed by atoms with Gasteiger partial charge in [-0.1, -0.05) is 19.1 Å². The van der Waals surface area contributed by atoms with Gasteiger partial charge in [0.15, 0.2) is 0 Å². The van der Waals surface area contributed by atoms with Gasteiger partial charge >= 0.3 is 5.97 Å². The van der Waals surface area contributed by atoms with Crippen LogP contribution in [0.2, 0.25) is 0 Å². The molecule has 0 radical (unpaired) electrons. The van der Waals surface area contributed by atoms with Gasteiger partial charge in [0.2, 0.25) is 5.91 Å². The number of aromatic nitrogens is 1. The van der Waals surface area contributed by atoms with Gasteiger partial charge in [0, 0.05) is 53.7 Å². The number of aryl methyl sites for hydroxylation is 1. The molecule has 0 saturated carbocycles. The maximum Gasteiger partial charge on any atom is 0.362 e. The first-order chi connectivity index (χ1) is 18.1. The van der Waals surface area contributed by atoms with E-state index in [1.807, 2.05) is 36.0 Å². The van der Waals surface area contributed by atoms with Crippen molar-refractivity contribution in [1.29, 1.82) is 0 Å². The van der Waals surface area contributed by atoms with E-state index in [1.54, 1.807) is 25.1 Å². The van der Waals surface area contributed by atoms with Crippen LogP contribution in [-0.2, 0) is 34.3 Å². The summed E-state index contributed by atoms with van der Waals surface area (Å²) in [6, 6.07) is 10.6. The number of hydrogen-bond acceptors (Lipinski definition) is 6. The van der Waals surface area contributed by atoms with Crippen LogP contribution >= 0.6 is 0 Å². The van der Waals surface area contributed by atoms with Gasteiger partial charge in [-0.3, -0.25) is 14.5 Å². The lowest BCUT2D eigenvalue weighted by Gasteiger charge is -2.40. The minimum Gasteiger partial charge on any atom is -0.497 e. The average Bonchev–Trinajstić information content (AvgIpc) is 3.22. The van der Waals surface area contributed by atoms with E-state index < -0.39 is 23.5 Å². The smallest absolute Gasteiger partial charge is 0.362 e. The van der Waals surface area contributed by atoms with Crippen LogP contribution in [0.15, 0.2) is 60.3 Å². The Kier molecular flexibility index (Phi) is 6.11. The Morgan fingerprint density at radius 2 is 1.89 bits per heavy atom. The highest BCUT2D eigenvalue weighted by Crippen LogP contribution is 2.43. The number of amides is 1. The number of carboxylic acids is 1. The van der Waals surface area contributed by atoms with E-state index in [-0.39, 0.29) is 24.3 Å². The molecule has 9 nitrogen and oxygen atoms in total. The second kappa shape index (κ2) is 9.18. The van der Waals surface area contributed by atoms with E-state index in [1.165, 1.54) is 20.3 Å². The molecule has 0 saturated heterocycles. The van der Waals surface area contributed by atoms with Crippen molar-refractivity contribution in [3.05, 3.63) is 77.0 Å². The number of carbonyl (C=O) groups excluding carboxylic acids is 2. The molecule has 3 aromatic rings. The summed E-state index contributed by atoms with van der Waals surface area (Å²) in [5, 5.41) is 22.4. The van der Waals surface area contributed by atoms with E-state index in [0.29, 0.717) is 33.8 Å². The fraction of sp³-hybridized carbons (Fsp3) is 0.276. The van der Waals surface area contributed by atoms with Crippen LogP contribution in [0.4, 0.5) is 0 Å². The van der Waals surface area contributed by atoms with E-state index in [9.17, 15) is 24.6 Å². The molecule has 2 atom stereocenters. The number of hydrogen-bond donors (Lipinski definition) is 2. The lowest BCUT2D eigenvalue weighted by molar-refractivity contribution is -0.172. The molecule has 5 rings (SSSR count). The van der Waals surface area contributed by atoms with Crippen LogP contribution in [0.25, 0.3) is 16.6 Å². The SMILES string of the molecule is COc1ccc(CC(=O)N2C3=C(C=CC2(O)C(=O)O)C(C)C(=O)Cc2cc4c(ccn4C)cc23)c(OC)c1. The highest BCUT2D eigenvalue weighted by Gasteiger charge is 2.49. The Labute approximate surface area is 219 Å². The third-order valence-corrected chi connectivity index (χ3v) is 7.41. The molecule has 2 aliphatic rings. The lowest BCUT2D eigenvalue weighted by Crippen LogP contribution is -2.57. The van der Waals surface area contributed by atoms with Gasteiger partial charge in [0.25, 0.3) is 5.72 Å². The van der Waals surface area contributed by atoms with Crippen molar-refractivity contribution in [2.45, 2.75) is 25.5 Å². The van der Waals surface area contributed by atoms with Crippen molar-refractivity contribution in [2.75, 3.05) is 14.2 Å². The number of aliphatic hydroxyl groups is 1. The van der Waals surface area contributed by atoms with Crippen molar-refractivity contribution in [2.24, 2.45) is 13.0 Å². The number of carboxylic acid groups (broad SMARTS) is 1. The molecule has 1 aliphatic carbocycles. The van der Waals surface area contributed by atoms with Crippen molar-refractivity contribution >= 4 is 34.3 Å². The molecule has 196 valence electrons. The number of carbonyl (C=O) groups is 3. The molecule has 2 unspecified atom stereocenters. The molecule has 1 amide bonds. The summed E-state index contributed by atoms with van der Waals surface area (Å²) in [5.74, 6) is -2.06. The maximum atomic E-state index is 14.0. The summed E-state index contributed by atoms with van der Waals surface area (Å²) in [4.78, 5) is 40.6. The highest BCUT2D eigenvalue weighted by atomic mass is 16.5. The Morgan fingerprint density at radius 3 is 2.58 bits per heavy atom. The first-order valence-corrected chi connectivity index (χ1v) is 12.1. The van der Waals surface area contributed by atoms with Crippen molar-refractivity contribution in [3.8, 4) is 11.5 Å². The third kappa shape index (κ3) is 3.86. The zero-order valence-electron chi connectivity index (χ0n) is 21.5. The number of aliphatic carboxylic acids is 1. The fourth-order valence-corrected chi connectivity index (χ4v) is 5.25. The molecule has 1 aromatic heterocycles. The van der Waals surface area contributed by atoms with Gasteiger partial charge < -0.3 is 24.3 Å². The standard InChI is InChI=1S/C29H28N2O7/c1-16-21-7-9-29(36,28(34)35)31(26(33)14-18-5-6-20(37-3)15-25(18)38-4)27(21)22-11-17-8-10-30(2)23(17)12-19(22)13-24(16)32/h5-12,15-16,36H,13-14H2,1-4H3,(H,34,35). The van der Waals surface area contributed by atoms with Crippen LogP contribution in [0.1, 0.15) is 23.6 Å². The second-order valence-electron chi connectivity index (χ2n) is 9.61. The molecule has 1 aliphatic heterocycles. The molecule has 9 heteroatoms. The monoisotopic (exact) mass is 516 g/mol. The van der Waals surface area contributed by atoms with Gasteiger partial charge in [-0.15, -0.1) is 0 Å². The topological polar surface area (TPSA) is 118 Å². The van der Waals surface area contributed by atoms with Crippen molar-refractivity contribution in [3.63, 3.8) is 0 Å². The number of nitrogens with zero attached hydrogens (tertiary/aromatic N) is 2. The Bertz CT molecular complexity index is 1560. The number of benzene rings is 2. The van der Waals surface area contributed by atoms with Crippen molar-refractivity contribution in [1.82, 2.24) is 9.47 Å². The summed E-state index contributed by atoms with van der Waals surface area (Å²) in [6.07, 6.45) is 4.25. The number of ketones is 1. The lowest BCUT2D eigenvalue weighted by atomic mass is 9.88. The number of methoxy groups -OCH3 is 2. The molecule has 0 spiro atoms. The molecule has 2 heterocycles. The normalized spacial score (nSPS) is 20.7. The number of allylic oxidation sites excluding steroid dienone is 2. The van der Waals surface area contributed by atoms with E-state index in [2.05, 4.69) is 0 Å². The largest absolute Gasteiger partial charge is 0.497 e. The zero-order valence-corrected chi connectivity index (χ0v) is 21.5. The van der Waals surface area contributed by atoms with Gasteiger partial charge in [0.1, 0.15) is 17.3 Å². The van der Waals surface area contributed by atoms with Crippen LogP contribution in [-0.4, -0.2) is 57.3 Å². The number of fused-ring (bicyclic) bond motifs is 3. The quantitative estimate of drug-likeness (QED) is 0.535. The highest BCUT2D eigenvalue weighted by molar-refractivity contribution is 6.03. The zero-order chi connectivity index (χ0) is 27.4. The molecule has 2 aromatic carbocycles. The molecule has 0 bridgehead atoms. The molecule has 2 N–H and O–H groups in total. The summed E-state index contributed by atoms with van der Waals surface area (Å²) >= 11 is 0. The van der Waals surface area contributed by atoms with Crippen LogP contribution < -0.4 is 9.47 Å². The minimum atomic E-state index is -2.66. The summed E-state index contributed by atoms with van der Waals surface area (Å²) in [6.45, 7) is 1.73. The van der Waals surface area contributed by atoms with E-state index >= 15 is 0 Å². The van der Waals surface area contributed by atoms with E-state index in [4.69, 9.17) is 9.47 Å². The summed E-state index contributed by atoms with van der Waals surface area (Å²) in [5.41, 5.74) is 0.609. The maximum absolute atomic E-state index is 14.0. The Morgan fingerprint density at radius 1 is 1.13 bits per heavy atom. The number of Topliss-reactive ketones (excluding diaryl/α,β-unsaturated/α-hetero) is 1. The second-order valence-corrected chi connectivity index (χ2v) is 9.61. The van der Waals surface area contributed by atoms with Crippen molar-refractivity contribution < 1.29 is 34.1 Å². The molecule has 0 fully saturated rings. The third-order valence-electron chi connectivity index (χ3n) is 7.41. The predicted molar refractivity (Wildman–Crippen MR) is 140 cm³/mol. The first kappa shape index (κ1) is 25.3. The van der Waals surface area contributed by atoms with Gasteiger partial charge in [-0.25, -0.2) is 4.79 Å². The molecular weight excluding hydrogens is 488 g/mol. The number of ether oxygens (including phenoxy) is 2. The average molecular weight is 517 g/mol. The van der Waals surface area contributed by atoms with Gasteiger partial charge in [0.05, 0.1) is 26.3 Å². The fourth-order valence-electron chi connectivity index (χ4n) is 5.25. The Hall–Kier alpha value is -4.37. The Balaban J connectivity index is 1.72. The predicted octanol–water partition coefficient (Wildman–Crippen LogP) is 3.08. The van der Waals surface area contributed by atoms with Crippen LogP contribution in [0, 0.1) is 5.92 Å². The minimum absolute atomic E-state index is 0.0700. The first-order valence-electron chi connectivity index (χ1n) is 12.1. The van der Waals surface area contributed by atoms with Crippen LogP contribution in [0.5, 0.6) is 11.5 Å². The number of rotatable bonds is 5.